The molecule has 0 aliphatic carbocycles. The van der Waals surface area contributed by atoms with Gasteiger partial charge in [0.2, 0.25) is 0 Å². The standard InChI is InChI=1S/C9H11NO3.H2O/c11-6-8(9(12)13)10-7-4-2-1-3-5-7;/h1-5,8,10-11H,6H2,(H,12,13);1H2. The highest BCUT2D eigenvalue weighted by Gasteiger charge is 2.14. The third-order valence-electron chi connectivity index (χ3n) is 1.60. The van der Waals surface area contributed by atoms with Crippen LogP contribution in [0, 0.1) is 0 Å². The van der Waals surface area contributed by atoms with Crippen LogP contribution in [0.5, 0.6) is 0 Å². The topological polar surface area (TPSA) is 101 Å². The lowest BCUT2D eigenvalue weighted by Gasteiger charge is -2.12. The molecule has 1 unspecified atom stereocenters. The molecule has 0 fully saturated rings. The Morgan fingerprint density at radius 1 is 1.36 bits per heavy atom. The first-order chi connectivity index (χ1) is 6.24. The highest BCUT2D eigenvalue weighted by molar-refractivity contribution is 5.77. The summed E-state index contributed by atoms with van der Waals surface area (Å²) >= 11 is 0. The number of rotatable bonds is 4. The molecule has 0 saturated carbocycles. The summed E-state index contributed by atoms with van der Waals surface area (Å²) in [4.78, 5) is 10.5. The molecule has 0 radical (unpaired) electrons. The summed E-state index contributed by atoms with van der Waals surface area (Å²) in [5.41, 5.74) is 0.684. The number of anilines is 1. The summed E-state index contributed by atoms with van der Waals surface area (Å²) < 4.78 is 0. The molecule has 0 aromatic heterocycles. The number of aliphatic hydroxyl groups excluding tert-OH is 1. The Balaban J connectivity index is 0.00000169. The van der Waals surface area contributed by atoms with E-state index in [-0.39, 0.29) is 5.48 Å². The number of carbonyl (C=O) groups is 1. The van der Waals surface area contributed by atoms with E-state index in [2.05, 4.69) is 5.32 Å². The molecule has 5 N–H and O–H groups in total. The van der Waals surface area contributed by atoms with Gasteiger partial charge in [0.25, 0.3) is 0 Å². The highest BCUT2D eigenvalue weighted by atomic mass is 16.4. The first kappa shape index (κ1) is 12.4. The van der Waals surface area contributed by atoms with Crippen LogP contribution in [0.3, 0.4) is 0 Å². The summed E-state index contributed by atoms with van der Waals surface area (Å²) in [6.07, 6.45) is 0. The quantitative estimate of drug-likeness (QED) is 0.620. The summed E-state index contributed by atoms with van der Waals surface area (Å²) in [5, 5.41) is 20.0. The number of carboxylic acids is 1. The second kappa shape index (κ2) is 5.95. The Kier molecular flexibility index (Phi) is 5.28. The maximum Gasteiger partial charge on any atom is 0.328 e. The second-order valence-corrected chi connectivity index (χ2v) is 2.58. The fourth-order valence-corrected chi connectivity index (χ4v) is 0.921. The van der Waals surface area contributed by atoms with Crippen molar-refractivity contribution in [3.05, 3.63) is 30.3 Å². The molecule has 0 spiro atoms. The molecule has 14 heavy (non-hydrogen) atoms. The zero-order chi connectivity index (χ0) is 9.68. The Morgan fingerprint density at radius 3 is 2.36 bits per heavy atom. The summed E-state index contributed by atoms with van der Waals surface area (Å²) in [6, 6.07) is 7.95. The Bertz CT molecular complexity index is 275. The molecule has 1 aromatic rings. The van der Waals surface area contributed by atoms with Crippen LogP contribution >= 0.6 is 0 Å². The lowest BCUT2D eigenvalue weighted by Crippen LogP contribution is -2.32. The minimum atomic E-state index is -1.06. The Morgan fingerprint density at radius 2 is 1.93 bits per heavy atom. The molecule has 0 amide bonds. The van der Waals surface area contributed by atoms with Gasteiger partial charge in [-0.15, -0.1) is 0 Å². The third-order valence-corrected chi connectivity index (χ3v) is 1.60. The highest BCUT2D eigenvalue weighted by Crippen LogP contribution is 2.06. The van der Waals surface area contributed by atoms with Gasteiger partial charge in [0.15, 0.2) is 0 Å². The van der Waals surface area contributed by atoms with Crippen LogP contribution in [-0.4, -0.2) is 34.3 Å². The molecule has 0 saturated heterocycles. The molecule has 5 heteroatoms. The number of para-hydroxylation sites is 1. The molecule has 1 rings (SSSR count). The van der Waals surface area contributed by atoms with Crippen LogP contribution in [0.15, 0.2) is 30.3 Å². The van der Waals surface area contributed by atoms with Gasteiger partial charge in [0, 0.05) is 5.69 Å². The van der Waals surface area contributed by atoms with Crippen molar-refractivity contribution in [3.8, 4) is 0 Å². The number of hydrogen-bond donors (Lipinski definition) is 3. The van der Waals surface area contributed by atoms with Crippen molar-refractivity contribution in [3.63, 3.8) is 0 Å². The molecular weight excluding hydrogens is 186 g/mol. The van der Waals surface area contributed by atoms with E-state index >= 15 is 0 Å². The lowest BCUT2D eigenvalue weighted by atomic mass is 10.2. The number of benzene rings is 1. The lowest BCUT2D eigenvalue weighted by molar-refractivity contribution is -0.138. The number of hydrogen-bond acceptors (Lipinski definition) is 3. The van der Waals surface area contributed by atoms with Gasteiger partial charge in [0.05, 0.1) is 6.61 Å². The molecule has 5 nitrogen and oxygen atoms in total. The molecule has 1 atom stereocenters. The van der Waals surface area contributed by atoms with Crippen molar-refractivity contribution < 1.29 is 20.5 Å². The van der Waals surface area contributed by atoms with Gasteiger partial charge < -0.3 is 21.0 Å². The van der Waals surface area contributed by atoms with Crippen molar-refractivity contribution in [2.24, 2.45) is 0 Å². The largest absolute Gasteiger partial charge is 0.480 e. The van der Waals surface area contributed by atoms with E-state index in [1.165, 1.54) is 0 Å². The van der Waals surface area contributed by atoms with Crippen LogP contribution < -0.4 is 5.32 Å². The average molecular weight is 199 g/mol. The van der Waals surface area contributed by atoms with Crippen molar-refractivity contribution in [2.75, 3.05) is 11.9 Å². The van der Waals surface area contributed by atoms with Gasteiger partial charge in [-0.2, -0.15) is 0 Å². The van der Waals surface area contributed by atoms with E-state index in [9.17, 15) is 4.79 Å². The number of aliphatic carboxylic acids is 1. The summed E-state index contributed by atoms with van der Waals surface area (Å²) in [6.45, 7) is -0.426. The van der Waals surface area contributed by atoms with Crippen LogP contribution in [0.4, 0.5) is 5.69 Å². The number of nitrogens with one attached hydrogen (secondary N) is 1. The SMILES string of the molecule is O.O=C(O)C(CO)Nc1ccccc1. The average Bonchev–Trinajstić information content (AvgIpc) is 2.15. The number of carboxylic acid groups (broad SMARTS) is 1. The van der Waals surface area contributed by atoms with E-state index in [4.69, 9.17) is 10.2 Å². The van der Waals surface area contributed by atoms with Crippen LogP contribution in [0.1, 0.15) is 0 Å². The van der Waals surface area contributed by atoms with E-state index in [1.54, 1.807) is 24.3 Å². The smallest absolute Gasteiger partial charge is 0.328 e. The van der Waals surface area contributed by atoms with Gasteiger partial charge in [-0.1, -0.05) is 18.2 Å². The van der Waals surface area contributed by atoms with Gasteiger partial charge in [-0.05, 0) is 12.1 Å². The fourth-order valence-electron chi connectivity index (χ4n) is 0.921. The Hall–Kier alpha value is -1.59. The van der Waals surface area contributed by atoms with Crippen molar-refractivity contribution in [2.45, 2.75) is 6.04 Å². The minimum absolute atomic E-state index is 0. The maximum atomic E-state index is 10.5. The zero-order valence-electron chi connectivity index (χ0n) is 7.47. The normalized spacial score (nSPS) is 11.2. The van der Waals surface area contributed by atoms with Crippen LogP contribution in [0.2, 0.25) is 0 Å². The fraction of sp³-hybridized carbons (Fsp3) is 0.222. The first-order valence-electron chi connectivity index (χ1n) is 3.89. The van der Waals surface area contributed by atoms with Crippen LogP contribution in [0.25, 0.3) is 0 Å². The van der Waals surface area contributed by atoms with Crippen molar-refractivity contribution in [1.29, 1.82) is 0 Å². The van der Waals surface area contributed by atoms with E-state index in [1.807, 2.05) is 6.07 Å². The van der Waals surface area contributed by atoms with E-state index < -0.39 is 18.6 Å². The molecule has 0 aliphatic heterocycles. The molecule has 1 aromatic carbocycles. The maximum absolute atomic E-state index is 10.5. The Labute approximate surface area is 81.3 Å². The monoisotopic (exact) mass is 199 g/mol. The van der Waals surface area contributed by atoms with Gasteiger partial charge in [-0.3, -0.25) is 0 Å². The number of aliphatic hydroxyl groups is 1. The predicted octanol–water partition coefficient (Wildman–Crippen LogP) is -0.281. The van der Waals surface area contributed by atoms with Gasteiger partial charge in [-0.25, -0.2) is 4.79 Å². The van der Waals surface area contributed by atoms with Gasteiger partial charge in [0.1, 0.15) is 6.04 Å². The third kappa shape index (κ3) is 3.42. The van der Waals surface area contributed by atoms with E-state index in [0.29, 0.717) is 5.69 Å². The zero-order valence-corrected chi connectivity index (χ0v) is 7.47. The molecule has 78 valence electrons. The van der Waals surface area contributed by atoms with Gasteiger partial charge >= 0.3 is 5.97 Å². The summed E-state index contributed by atoms with van der Waals surface area (Å²) in [7, 11) is 0. The van der Waals surface area contributed by atoms with Crippen molar-refractivity contribution >= 4 is 11.7 Å². The molecular formula is C9H13NO4. The molecule has 0 aliphatic rings. The van der Waals surface area contributed by atoms with Crippen LogP contribution in [-0.2, 0) is 4.79 Å². The molecule has 0 heterocycles. The molecule has 0 bridgehead atoms. The first-order valence-corrected chi connectivity index (χ1v) is 3.89. The van der Waals surface area contributed by atoms with E-state index in [0.717, 1.165) is 0 Å². The summed E-state index contributed by atoms with van der Waals surface area (Å²) in [5.74, 6) is -1.06. The predicted molar refractivity (Wildman–Crippen MR) is 52.2 cm³/mol. The second-order valence-electron chi connectivity index (χ2n) is 2.58. The minimum Gasteiger partial charge on any atom is -0.480 e. The van der Waals surface area contributed by atoms with Crippen molar-refractivity contribution in [1.82, 2.24) is 0 Å².